The Morgan fingerprint density at radius 1 is 1.23 bits per heavy atom. The molecule has 0 saturated heterocycles. The highest BCUT2D eigenvalue weighted by atomic mass is 16.3. The van der Waals surface area contributed by atoms with Crippen LogP contribution in [0.3, 0.4) is 0 Å². The van der Waals surface area contributed by atoms with E-state index in [1.807, 2.05) is 38.1 Å². The number of aliphatic hydroxyl groups is 1. The van der Waals surface area contributed by atoms with Crippen molar-refractivity contribution in [2.45, 2.75) is 51.2 Å². The third-order valence-corrected chi connectivity index (χ3v) is 6.43. The van der Waals surface area contributed by atoms with Crippen LogP contribution in [0.2, 0.25) is 0 Å². The van der Waals surface area contributed by atoms with Gasteiger partial charge < -0.3 is 10.4 Å². The molecule has 3 heterocycles. The average molecular weight is 419 g/mol. The molecule has 1 saturated carbocycles. The molecule has 0 bridgehead atoms. The molecule has 8 heteroatoms. The molecule has 0 unspecified atom stereocenters. The fraction of sp³-hybridized carbons (Fsp3) is 0.391. The fourth-order valence-corrected chi connectivity index (χ4v) is 4.49. The standard InChI is InChI=1S/C23H26N6O2/c1-14-11-18-15(5-4-10-24-18)12-17(14)26-21-25-13-19-20(27-21)29(22(30)28(19)3)16-6-8-23(2,31)9-7-16/h4-5,10-13,16,31H,6-9H2,1-3H3,(H,25,26,27). The summed E-state index contributed by atoms with van der Waals surface area (Å²) in [6.07, 6.45) is 6.30. The molecule has 0 spiro atoms. The summed E-state index contributed by atoms with van der Waals surface area (Å²) in [5.41, 5.74) is 3.44. The quantitative estimate of drug-likeness (QED) is 0.528. The van der Waals surface area contributed by atoms with Crippen LogP contribution in [0.5, 0.6) is 0 Å². The molecule has 31 heavy (non-hydrogen) atoms. The fourth-order valence-electron chi connectivity index (χ4n) is 4.49. The Balaban J connectivity index is 1.54. The van der Waals surface area contributed by atoms with E-state index in [2.05, 4.69) is 15.3 Å². The smallest absolute Gasteiger partial charge is 0.330 e. The van der Waals surface area contributed by atoms with E-state index in [0.29, 0.717) is 30.0 Å². The molecule has 8 nitrogen and oxygen atoms in total. The normalized spacial score (nSPS) is 21.6. The number of hydrogen-bond acceptors (Lipinski definition) is 6. The molecule has 1 aliphatic rings. The van der Waals surface area contributed by atoms with Gasteiger partial charge in [-0.2, -0.15) is 4.98 Å². The maximum absolute atomic E-state index is 13.0. The third kappa shape index (κ3) is 3.46. The summed E-state index contributed by atoms with van der Waals surface area (Å²) in [5, 5.41) is 14.6. The first kappa shape index (κ1) is 19.7. The lowest BCUT2D eigenvalue weighted by atomic mass is 9.83. The SMILES string of the molecule is Cc1cc2ncccc2cc1Nc1ncc2c(n1)n(C1CCC(C)(O)CC1)c(=O)n2C. The highest BCUT2D eigenvalue weighted by molar-refractivity contribution is 5.85. The molecule has 4 aromatic rings. The summed E-state index contributed by atoms with van der Waals surface area (Å²) in [4.78, 5) is 26.6. The van der Waals surface area contributed by atoms with Gasteiger partial charge in [-0.1, -0.05) is 6.07 Å². The number of hydrogen-bond donors (Lipinski definition) is 2. The molecule has 5 rings (SSSR count). The van der Waals surface area contributed by atoms with E-state index in [4.69, 9.17) is 4.98 Å². The van der Waals surface area contributed by atoms with Gasteiger partial charge in [-0.3, -0.25) is 14.1 Å². The van der Waals surface area contributed by atoms with E-state index in [0.717, 1.165) is 35.0 Å². The minimum absolute atomic E-state index is 0.0210. The van der Waals surface area contributed by atoms with Crippen molar-refractivity contribution in [2.75, 3.05) is 5.32 Å². The van der Waals surface area contributed by atoms with Gasteiger partial charge in [-0.05, 0) is 63.3 Å². The summed E-state index contributed by atoms with van der Waals surface area (Å²) >= 11 is 0. The van der Waals surface area contributed by atoms with E-state index < -0.39 is 5.60 Å². The van der Waals surface area contributed by atoms with Crippen molar-refractivity contribution in [3.05, 3.63) is 52.7 Å². The lowest BCUT2D eigenvalue weighted by Gasteiger charge is -2.33. The maximum Gasteiger partial charge on any atom is 0.330 e. The molecule has 0 amide bonds. The Hall–Kier alpha value is -3.26. The number of pyridine rings is 1. The molecule has 1 aliphatic carbocycles. The predicted octanol–water partition coefficient (Wildman–Crippen LogP) is 3.60. The van der Waals surface area contributed by atoms with E-state index in [9.17, 15) is 9.90 Å². The zero-order valence-corrected chi connectivity index (χ0v) is 18.0. The van der Waals surface area contributed by atoms with Crippen LogP contribution in [-0.2, 0) is 7.05 Å². The van der Waals surface area contributed by atoms with Gasteiger partial charge in [0, 0.05) is 30.4 Å². The van der Waals surface area contributed by atoms with Crippen molar-refractivity contribution in [2.24, 2.45) is 7.05 Å². The predicted molar refractivity (Wildman–Crippen MR) is 121 cm³/mol. The number of aromatic nitrogens is 5. The largest absolute Gasteiger partial charge is 0.390 e. The van der Waals surface area contributed by atoms with Crippen LogP contribution in [0.1, 0.15) is 44.2 Å². The number of anilines is 2. The van der Waals surface area contributed by atoms with Gasteiger partial charge >= 0.3 is 5.69 Å². The first-order chi connectivity index (χ1) is 14.8. The van der Waals surface area contributed by atoms with Crippen LogP contribution in [0.4, 0.5) is 11.6 Å². The number of nitrogens with one attached hydrogen (secondary N) is 1. The highest BCUT2D eigenvalue weighted by Gasteiger charge is 2.31. The third-order valence-electron chi connectivity index (χ3n) is 6.43. The second kappa shape index (κ2) is 7.16. The Kier molecular flexibility index (Phi) is 4.55. The molecule has 1 aromatic carbocycles. The zero-order chi connectivity index (χ0) is 21.8. The Labute approximate surface area is 179 Å². The molecular formula is C23H26N6O2. The Morgan fingerprint density at radius 3 is 2.77 bits per heavy atom. The van der Waals surface area contributed by atoms with Crippen LogP contribution in [0.25, 0.3) is 22.1 Å². The second-order valence-electron chi connectivity index (χ2n) is 8.83. The summed E-state index contributed by atoms with van der Waals surface area (Å²) < 4.78 is 3.37. The molecule has 0 radical (unpaired) electrons. The Morgan fingerprint density at radius 2 is 2.00 bits per heavy atom. The number of benzene rings is 1. The second-order valence-corrected chi connectivity index (χ2v) is 8.83. The van der Waals surface area contributed by atoms with Crippen LogP contribution in [0.15, 0.2) is 41.5 Å². The van der Waals surface area contributed by atoms with E-state index >= 15 is 0 Å². The molecule has 3 aromatic heterocycles. The molecular weight excluding hydrogens is 392 g/mol. The van der Waals surface area contributed by atoms with Gasteiger partial charge in [0.15, 0.2) is 5.65 Å². The number of rotatable bonds is 3. The van der Waals surface area contributed by atoms with E-state index in [-0.39, 0.29) is 11.7 Å². The summed E-state index contributed by atoms with van der Waals surface area (Å²) in [5.74, 6) is 0.445. The maximum atomic E-state index is 13.0. The lowest BCUT2D eigenvalue weighted by Crippen LogP contribution is -2.35. The van der Waals surface area contributed by atoms with Crippen molar-refractivity contribution >= 4 is 33.7 Å². The van der Waals surface area contributed by atoms with Crippen LogP contribution >= 0.6 is 0 Å². The summed E-state index contributed by atoms with van der Waals surface area (Å²) in [7, 11) is 1.75. The highest BCUT2D eigenvalue weighted by Crippen LogP contribution is 2.35. The van der Waals surface area contributed by atoms with E-state index in [1.165, 1.54) is 0 Å². The summed E-state index contributed by atoms with van der Waals surface area (Å²) in [6.45, 7) is 3.88. The van der Waals surface area contributed by atoms with Crippen molar-refractivity contribution in [3.8, 4) is 0 Å². The van der Waals surface area contributed by atoms with Gasteiger partial charge in [-0.15, -0.1) is 0 Å². The average Bonchev–Trinajstić information content (AvgIpc) is 2.99. The molecule has 160 valence electrons. The van der Waals surface area contributed by atoms with Crippen LogP contribution < -0.4 is 11.0 Å². The molecule has 0 atom stereocenters. The molecule has 2 N–H and O–H groups in total. The van der Waals surface area contributed by atoms with Crippen molar-refractivity contribution in [3.63, 3.8) is 0 Å². The van der Waals surface area contributed by atoms with Crippen molar-refractivity contribution in [1.29, 1.82) is 0 Å². The van der Waals surface area contributed by atoms with Gasteiger partial charge in [0.2, 0.25) is 5.95 Å². The van der Waals surface area contributed by atoms with Gasteiger partial charge in [0.1, 0.15) is 5.52 Å². The summed E-state index contributed by atoms with van der Waals surface area (Å²) in [6, 6.07) is 8.01. The zero-order valence-electron chi connectivity index (χ0n) is 18.0. The number of aryl methyl sites for hydroxylation is 2. The monoisotopic (exact) mass is 418 g/mol. The minimum atomic E-state index is -0.658. The van der Waals surface area contributed by atoms with E-state index in [1.54, 1.807) is 28.6 Å². The first-order valence-electron chi connectivity index (χ1n) is 10.6. The van der Waals surface area contributed by atoms with Crippen molar-refractivity contribution < 1.29 is 5.11 Å². The lowest BCUT2D eigenvalue weighted by molar-refractivity contribution is 0.00991. The minimum Gasteiger partial charge on any atom is -0.390 e. The Bertz CT molecular complexity index is 1340. The van der Waals surface area contributed by atoms with Crippen molar-refractivity contribution in [1.82, 2.24) is 24.1 Å². The number of imidazole rings is 1. The van der Waals surface area contributed by atoms with Crippen LogP contribution in [0, 0.1) is 6.92 Å². The van der Waals surface area contributed by atoms with Gasteiger partial charge in [0.05, 0.1) is 17.3 Å². The molecule has 1 fully saturated rings. The number of fused-ring (bicyclic) bond motifs is 2. The first-order valence-corrected chi connectivity index (χ1v) is 10.6. The topological polar surface area (TPSA) is 97.9 Å². The van der Waals surface area contributed by atoms with Gasteiger partial charge in [-0.25, -0.2) is 9.78 Å². The number of nitrogens with zero attached hydrogens (tertiary/aromatic N) is 5. The molecule has 0 aliphatic heterocycles. The van der Waals surface area contributed by atoms with Gasteiger partial charge in [0.25, 0.3) is 0 Å². The van der Waals surface area contributed by atoms with Crippen LogP contribution in [-0.4, -0.2) is 34.8 Å².